The van der Waals surface area contributed by atoms with Crippen LogP contribution in [0.3, 0.4) is 0 Å². The third kappa shape index (κ3) is 5.21. The maximum absolute atomic E-state index is 12.0. The molecule has 0 aromatic heterocycles. The molecule has 0 aliphatic carbocycles. The number of halogens is 1. The van der Waals surface area contributed by atoms with Crippen LogP contribution in [0, 0.1) is 0 Å². The SMILES string of the molecule is CCC(N)Cc1c(Cl)cccc1OCC(=O)N(CC)CC. The third-order valence-electron chi connectivity index (χ3n) is 3.53. The molecule has 118 valence electrons. The zero-order valence-corrected chi connectivity index (χ0v) is 13.8. The molecule has 0 radical (unpaired) electrons. The minimum absolute atomic E-state index is 0.0225. The number of hydrogen-bond donors (Lipinski definition) is 1. The average Bonchev–Trinajstić information content (AvgIpc) is 2.48. The summed E-state index contributed by atoms with van der Waals surface area (Å²) in [6.07, 6.45) is 1.51. The summed E-state index contributed by atoms with van der Waals surface area (Å²) in [6.45, 7) is 7.32. The molecule has 2 N–H and O–H groups in total. The van der Waals surface area contributed by atoms with Gasteiger partial charge >= 0.3 is 0 Å². The first-order valence-electron chi connectivity index (χ1n) is 7.46. The van der Waals surface area contributed by atoms with Crippen molar-refractivity contribution in [3.8, 4) is 5.75 Å². The van der Waals surface area contributed by atoms with Gasteiger partial charge in [-0.2, -0.15) is 0 Å². The molecule has 0 saturated heterocycles. The molecular formula is C16H25ClN2O2. The molecule has 1 atom stereocenters. The molecule has 4 nitrogen and oxygen atoms in total. The molecule has 21 heavy (non-hydrogen) atoms. The molecule has 0 aliphatic rings. The Kier molecular flexibility index (Phi) is 7.54. The normalized spacial score (nSPS) is 12.0. The van der Waals surface area contributed by atoms with Gasteiger partial charge in [-0.3, -0.25) is 4.79 Å². The smallest absolute Gasteiger partial charge is 0.260 e. The van der Waals surface area contributed by atoms with Crippen LogP contribution in [0.25, 0.3) is 0 Å². The molecule has 1 aromatic rings. The minimum atomic E-state index is -0.0225. The molecule has 1 aromatic carbocycles. The summed E-state index contributed by atoms with van der Waals surface area (Å²) in [7, 11) is 0. The van der Waals surface area contributed by atoms with Gasteiger partial charge in [0.2, 0.25) is 0 Å². The highest BCUT2D eigenvalue weighted by Gasteiger charge is 2.15. The highest BCUT2D eigenvalue weighted by atomic mass is 35.5. The van der Waals surface area contributed by atoms with Gasteiger partial charge in [0.15, 0.2) is 6.61 Å². The molecule has 0 aliphatic heterocycles. The predicted octanol–water partition coefficient (Wildman–Crippen LogP) is 2.87. The van der Waals surface area contributed by atoms with Gasteiger partial charge in [0.25, 0.3) is 5.91 Å². The topological polar surface area (TPSA) is 55.6 Å². The Morgan fingerprint density at radius 1 is 1.33 bits per heavy atom. The first-order valence-corrected chi connectivity index (χ1v) is 7.84. The molecule has 0 fully saturated rings. The van der Waals surface area contributed by atoms with Crippen molar-refractivity contribution in [3.63, 3.8) is 0 Å². The molecule has 0 heterocycles. The van der Waals surface area contributed by atoms with Crippen molar-refractivity contribution in [3.05, 3.63) is 28.8 Å². The number of hydrogen-bond acceptors (Lipinski definition) is 3. The molecule has 0 spiro atoms. The minimum Gasteiger partial charge on any atom is -0.483 e. The van der Waals surface area contributed by atoms with Gasteiger partial charge in [-0.1, -0.05) is 24.6 Å². The largest absolute Gasteiger partial charge is 0.483 e. The van der Waals surface area contributed by atoms with E-state index in [0.717, 1.165) is 12.0 Å². The molecule has 5 heteroatoms. The Bertz CT molecular complexity index is 462. The van der Waals surface area contributed by atoms with Gasteiger partial charge in [-0.15, -0.1) is 0 Å². The van der Waals surface area contributed by atoms with Crippen LogP contribution in [0.4, 0.5) is 0 Å². The number of benzene rings is 1. The van der Waals surface area contributed by atoms with E-state index in [2.05, 4.69) is 0 Å². The number of amides is 1. The molecule has 1 amide bonds. The fraction of sp³-hybridized carbons (Fsp3) is 0.562. The first kappa shape index (κ1) is 17.8. The quantitative estimate of drug-likeness (QED) is 0.803. The second-order valence-corrected chi connectivity index (χ2v) is 5.35. The molecular weight excluding hydrogens is 288 g/mol. The second-order valence-electron chi connectivity index (χ2n) is 4.94. The zero-order chi connectivity index (χ0) is 15.8. The standard InChI is InChI=1S/C16H25ClN2O2/c1-4-12(18)10-13-14(17)8-7-9-15(13)21-11-16(20)19(5-2)6-3/h7-9,12H,4-6,10-11,18H2,1-3H3. The predicted molar refractivity (Wildman–Crippen MR) is 86.8 cm³/mol. The number of likely N-dealkylation sites (N-methyl/N-ethyl adjacent to an activating group) is 1. The number of rotatable bonds is 8. The van der Waals surface area contributed by atoms with E-state index >= 15 is 0 Å². The van der Waals surface area contributed by atoms with E-state index in [-0.39, 0.29) is 18.6 Å². The number of nitrogens with zero attached hydrogens (tertiary/aromatic N) is 1. The highest BCUT2D eigenvalue weighted by Crippen LogP contribution is 2.28. The lowest BCUT2D eigenvalue weighted by Crippen LogP contribution is -2.34. The second kappa shape index (κ2) is 8.90. The van der Waals surface area contributed by atoms with E-state index in [4.69, 9.17) is 22.1 Å². The Morgan fingerprint density at radius 3 is 2.57 bits per heavy atom. The van der Waals surface area contributed by atoms with Crippen molar-refractivity contribution < 1.29 is 9.53 Å². The summed E-state index contributed by atoms with van der Waals surface area (Å²) in [6, 6.07) is 5.50. The van der Waals surface area contributed by atoms with Crippen molar-refractivity contribution in [2.24, 2.45) is 5.73 Å². The third-order valence-corrected chi connectivity index (χ3v) is 3.89. The van der Waals surface area contributed by atoms with Crippen LogP contribution in [-0.2, 0) is 11.2 Å². The lowest BCUT2D eigenvalue weighted by molar-refractivity contribution is -0.132. The van der Waals surface area contributed by atoms with Crippen LogP contribution in [-0.4, -0.2) is 36.5 Å². The van der Waals surface area contributed by atoms with Gasteiger partial charge in [0.05, 0.1) is 0 Å². The number of nitrogens with two attached hydrogens (primary N) is 1. The monoisotopic (exact) mass is 312 g/mol. The average molecular weight is 313 g/mol. The maximum Gasteiger partial charge on any atom is 0.260 e. The lowest BCUT2D eigenvalue weighted by Gasteiger charge is -2.20. The fourth-order valence-electron chi connectivity index (χ4n) is 2.09. The number of carbonyl (C=O) groups is 1. The number of carbonyl (C=O) groups excluding carboxylic acids is 1. The first-order chi connectivity index (χ1) is 10.0. The van der Waals surface area contributed by atoms with Crippen molar-refractivity contribution >= 4 is 17.5 Å². The number of ether oxygens (including phenoxy) is 1. The van der Waals surface area contributed by atoms with E-state index in [0.29, 0.717) is 30.3 Å². The maximum atomic E-state index is 12.0. The van der Waals surface area contributed by atoms with Crippen molar-refractivity contribution in [1.29, 1.82) is 0 Å². The van der Waals surface area contributed by atoms with Gasteiger partial charge in [0.1, 0.15) is 5.75 Å². The van der Waals surface area contributed by atoms with Crippen LogP contribution < -0.4 is 10.5 Å². The van der Waals surface area contributed by atoms with Crippen LogP contribution in [0.15, 0.2) is 18.2 Å². The van der Waals surface area contributed by atoms with Gasteiger partial charge in [-0.25, -0.2) is 0 Å². The van der Waals surface area contributed by atoms with Crippen LogP contribution in [0.5, 0.6) is 5.75 Å². The van der Waals surface area contributed by atoms with Crippen LogP contribution >= 0.6 is 11.6 Å². The van der Waals surface area contributed by atoms with E-state index in [1.165, 1.54) is 0 Å². The highest BCUT2D eigenvalue weighted by molar-refractivity contribution is 6.31. The molecule has 1 unspecified atom stereocenters. The summed E-state index contributed by atoms with van der Waals surface area (Å²) >= 11 is 6.23. The van der Waals surface area contributed by atoms with Gasteiger partial charge in [-0.05, 0) is 38.8 Å². The van der Waals surface area contributed by atoms with Crippen molar-refractivity contribution in [2.75, 3.05) is 19.7 Å². The van der Waals surface area contributed by atoms with Crippen molar-refractivity contribution in [2.45, 2.75) is 39.7 Å². The van der Waals surface area contributed by atoms with Gasteiger partial charge in [0, 0.05) is 29.7 Å². The van der Waals surface area contributed by atoms with Crippen LogP contribution in [0.2, 0.25) is 5.02 Å². The summed E-state index contributed by atoms with van der Waals surface area (Å²) in [5.41, 5.74) is 6.88. The Morgan fingerprint density at radius 2 is 2.00 bits per heavy atom. The van der Waals surface area contributed by atoms with Crippen molar-refractivity contribution in [1.82, 2.24) is 4.90 Å². The zero-order valence-electron chi connectivity index (χ0n) is 13.1. The Balaban J connectivity index is 2.79. The Labute approximate surface area is 132 Å². The Hall–Kier alpha value is -1.26. The summed E-state index contributed by atoms with van der Waals surface area (Å²) < 4.78 is 5.68. The van der Waals surface area contributed by atoms with E-state index in [1.807, 2.05) is 39.0 Å². The lowest BCUT2D eigenvalue weighted by atomic mass is 10.0. The fourth-order valence-corrected chi connectivity index (χ4v) is 2.33. The van der Waals surface area contributed by atoms with Gasteiger partial charge < -0.3 is 15.4 Å². The van der Waals surface area contributed by atoms with E-state index in [9.17, 15) is 4.79 Å². The molecule has 0 saturated carbocycles. The molecule has 1 rings (SSSR count). The molecule has 0 bridgehead atoms. The summed E-state index contributed by atoms with van der Waals surface area (Å²) in [5, 5.41) is 0.631. The van der Waals surface area contributed by atoms with E-state index < -0.39 is 0 Å². The van der Waals surface area contributed by atoms with E-state index in [1.54, 1.807) is 4.90 Å². The summed E-state index contributed by atoms with van der Waals surface area (Å²) in [4.78, 5) is 13.7. The van der Waals surface area contributed by atoms with Crippen LogP contribution in [0.1, 0.15) is 32.8 Å². The summed E-state index contributed by atoms with van der Waals surface area (Å²) in [5.74, 6) is 0.623.